The molecular weight excluding hydrogens is 504 g/mol. The lowest BCUT2D eigenvalue weighted by Gasteiger charge is -2.14. The first-order chi connectivity index (χ1) is 18.1. The van der Waals surface area contributed by atoms with Crippen LogP contribution in [0.4, 0.5) is 5.69 Å². The highest BCUT2D eigenvalue weighted by Crippen LogP contribution is 2.36. The molecule has 7 heteroatoms. The molecule has 0 saturated heterocycles. The Morgan fingerprint density at radius 3 is 2.35 bits per heavy atom. The lowest BCUT2D eigenvalue weighted by molar-refractivity contribution is 0.102. The minimum absolute atomic E-state index is 0.218. The number of hydrogen-bond donors (Lipinski definition) is 1. The number of anilines is 1. The summed E-state index contributed by atoms with van der Waals surface area (Å²) in [5.41, 5.74) is 3.45. The summed E-state index contributed by atoms with van der Waals surface area (Å²) in [5, 5.41) is 4.56. The number of benzene rings is 4. The molecule has 5 rings (SSSR count). The van der Waals surface area contributed by atoms with Gasteiger partial charge in [-0.25, -0.2) is 4.98 Å². The average molecular weight is 527 g/mol. The average Bonchev–Trinajstić information content (AvgIpc) is 2.94. The third-order valence-corrected chi connectivity index (χ3v) is 7.15. The molecule has 0 unspecified atom stereocenters. The van der Waals surface area contributed by atoms with Gasteiger partial charge in [0.25, 0.3) is 5.91 Å². The van der Waals surface area contributed by atoms with E-state index in [0.29, 0.717) is 27.8 Å². The normalized spacial score (nSPS) is 10.8. The van der Waals surface area contributed by atoms with Crippen LogP contribution in [-0.4, -0.2) is 25.1 Å². The number of methoxy groups -OCH3 is 2. The Hall–Kier alpha value is -4.00. The Morgan fingerprint density at radius 2 is 1.57 bits per heavy atom. The number of nitrogens with one attached hydrogen (secondary N) is 1. The maximum Gasteiger partial charge on any atom is 0.256 e. The maximum absolute atomic E-state index is 13.7. The van der Waals surface area contributed by atoms with Gasteiger partial charge in [-0.3, -0.25) is 4.79 Å². The highest BCUT2D eigenvalue weighted by atomic mass is 35.5. The van der Waals surface area contributed by atoms with Crippen molar-refractivity contribution in [1.82, 2.24) is 4.98 Å². The van der Waals surface area contributed by atoms with Crippen LogP contribution in [0, 0.1) is 0 Å². The van der Waals surface area contributed by atoms with Crippen molar-refractivity contribution >= 4 is 45.9 Å². The van der Waals surface area contributed by atoms with Gasteiger partial charge in [0.1, 0.15) is 0 Å². The van der Waals surface area contributed by atoms with Crippen molar-refractivity contribution in [3.8, 4) is 22.8 Å². The topological polar surface area (TPSA) is 60.5 Å². The number of fused-ring (bicyclic) bond motifs is 1. The van der Waals surface area contributed by atoms with Crippen molar-refractivity contribution < 1.29 is 14.3 Å². The zero-order valence-corrected chi connectivity index (χ0v) is 21.8. The highest BCUT2D eigenvalue weighted by molar-refractivity contribution is 7.99. The van der Waals surface area contributed by atoms with Crippen LogP contribution in [-0.2, 0) is 0 Å². The van der Waals surface area contributed by atoms with Crippen molar-refractivity contribution in [1.29, 1.82) is 0 Å². The van der Waals surface area contributed by atoms with Crippen molar-refractivity contribution in [2.45, 2.75) is 9.79 Å². The zero-order chi connectivity index (χ0) is 25.8. The van der Waals surface area contributed by atoms with Crippen molar-refractivity contribution in [2.75, 3.05) is 19.5 Å². The molecule has 0 aliphatic rings. The number of carbonyl (C=O) groups excluding carboxylic acids is 1. The summed E-state index contributed by atoms with van der Waals surface area (Å²) >= 11 is 7.59. The second kappa shape index (κ2) is 10.9. The largest absolute Gasteiger partial charge is 0.493 e. The van der Waals surface area contributed by atoms with Gasteiger partial charge in [-0.1, -0.05) is 53.7 Å². The quantitative estimate of drug-likeness (QED) is 0.233. The van der Waals surface area contributed by atoms with E-state index >= 15 is 0 Å². The molecule has 1 heterocycles. The number of aromatic nitrogens is 1. The van der Waals surface area contributed by atoms with Crippen LogP contribution in [0.2, 0.25) is 5.02 Å². The summed E-state index contributed by atoms with van der Waals surface area (Å²) in [6.07, 6.45) is 0. The smallest absolute Gasteiger partial charge is 0.256 e. The first-order valence-corrected chi connectivity index (χ1v) is 12.7. The van der Waals surface area contributed by atoms with Crippen LogP contribution in [0.5, 0.6) is 11.5 Å². The Morgan fingerprint density at radius 1 is 0.838 bits per heavy atom. The zero-order valence-electron chi connectivity index (χ0n) is 20.2. The molecule has 0 atom stereocenters. The van der Waals surface area contributed by atoms with Crippen LogP contribution in [0.1, 0.15) is 10.4 Å². The minimum atomic E-state index is -0.218. The number of amides is 1. The first kappa shape index (κ1) is 24.7. The number of carbonyl (C=O) groups is 1. The molecule has 0 aliphatic heterocycles. The van der Waals surface area contributed by atoms with Gasteiger partial charge in [-0.05, 0) is 66.7 Å². The molecule has 5 nitrogen and oxygen atoms in total. The molecule has 0 spiro atoms. The third kappa shape index (κ3) is 5.40. The number of pyridine rings is 1. The molecule has 184 valence electrons. The van der Waals surface area contributed by atoms with E-state index in [4.69, 9.17) is 26.1 Å². The number of nitrogens with zero attached hydrogens (tertiary/aromatic N) is 1. The third-order valence-electron chi connectivity index (χ3n) is 5.82. The summed E-state index contributed by atoms with van der Waals surface area (Å²) in [4.78, 5) is 20.4. The van der Waals surface area contributed by atoms with Gasteiger partial charge in [0.15, 0.2) is 11.5 Å². The van der Waals surface area contributed by atoms with Crippen molar-refractivity contribution in [3.63, 3.8) is 0 Å². The molecule has 0 radical (unpaired) electrons. The summed E-state index contributed by atoms with van der Waals surface area (Å²) in [7, 11) is 3.19. The molecule has 37 heavy (non-hydrogen) atoms. The number of halogens is 1. The number of rotatable bonds is 7. The molecule has 0 bridgehead atoms. The fraction of sp³-hybridized carbons (Fsp3) is 0.0667. The fourth-order valence-electron chi connectivity index (χ4n) is 3.98. The molecule has 0 saturated carbocycles. The minimum Gasteiger partial charge on any atom is -0.493 e. The molecule has 1 N–H and O–H groups in total. The van der Waals surface area contributed by atoms with E-state index in [9.17, 15) is 4.79 Å². The van der Waals surface area contributed by atoms with Crippen molar-refractivity contribution in [3.05, 3.63) is 108 Å². The predicted molar refractivity (Wildman–Crippen MR) is 150 cm³/mol. The van der Waals surface area contributed by atoms with E-state index in [-0.39, 0.29) is 5.91 Å². The van der Waals surface area contributed by atoms with E-state index in [0.717, 1.165) is 31.9 Å². The van der Waals surface area contributed by atoms with Gasteiger partial charge >= 0.3 is 0 Å². The molecule has 5 aromatic rings. The van der Waals surface area contributed by atoms with E-state index < -0.39 is 0 Å². The van der Waals surface area contributed by atoms with Crippen LogP contribution in [0.25, 0.3) is 22.2 Å². The molecule has 1 aromatic heterocycles. The van der Waals surface area contributed by atoms with E-state index in [1.165, 1.54) is 0 Å². The van der Waals surface area contributed by atoms with Crippen LogP contribution < -0.4 is 14.8 Å². The van der Waals surface area contributed by atoms with Crippen LogP contribution in [0.15, 0.2) is 107 Å². The Labute approximate surface area is 224 Å². The van der Waals surface area contributed by atoms with Gasteiger partial charge in [0.2, 0.25) is 0 Å². The monoisotopic (exact) mass is 526 g/mol. The van der Waals surface area contributed by atoms with Gasteiger partial charge in [0.05, 0.1) is 36.7 Å². The molecule has 0 aliphatic carbocycles. The summed E-state index contributed by atoms with van der Waals surface area (Å²) in [5.74, 6) is 0.999. The maximum atomic E-state index is 13.7. The summed E-state index contributed by atoms with van der Waals surface area (Å²) in [6, 6.07) is 30.4. The Balaban J connectivity index is 1.52. The fourth-order valence-corrected chi connectivity index (χ4v) is 5.01. The Bertz CT molecular complexity index is 1590. The molecular formula is C30H23ClN2O3S. The van der Waals surface area contributed by atoms with Crippen LogP contribution >= 0.6 is 23.4 Å². The predicted octanol–water partition coefficient (Wildman–Crippen LogP) is 7.98. The van der Waals surface area contributed by atoms with E-state index in [1.54, 1.807) is 26.0 Å². The molecule has 4 aromatic carbocycles. The van der Waals surface area contributed by atoms with Gasteiger partial charge in [0, 0.05) is 25.8 Å². The van der Waals surface area contributed by atoms with Gasteiger partial charge < -0.3 is 14.8 Å². The highest BCUT2D eigenvalue weighted by Gasteiger charge is 2.17. The molecule has 1 amide bonds. The van der Waals surface area contributed by atoms with Gasteiger partial charge in [-0.15, -0.1) is 0 Å². The van der Waals surface area contributed by atoms with Crippen molar-refractivity contribution in [2.24, 2.45) is 0 Å². The van der Waals surface area contributed by atoms with Crippen LogP contribution in [0.3, 0.4) is 0 Å². The summed E-state index contributed by atoms with van der Waals surface area (Å²) < 4.78 is 10.8. The van der Waals surface area contributed by atoms with Gasteiger partial charge in [-0.2, -0.15) is 0 Å². The standard InChI is InChI=1S/C30H23ClN2O3S/c1-35-27-16-11-19(17-28(27)36-2)26-18-23(22-7-3-4-8-24(22)32-26)30(34)33-25-9-5-6-10-29(25)37-21-14-12-20(31)13-15-21/h3-18H,1-2H3,(H,33,34). The second-order valence-corrected chi connectivity index (χ2v) is 9.70. The second-order valence-electron chi connectivity index (χ2n) is 8.15. The SMILES string of the molecule is COc1ccc(-c2cc(C(=O)Nc3ccccc3Sc3ccc(Cl)cc3)c3ccccc3n2)cc1OC. The number of para-hydroxylation sites is 2. The lowest BCUT2D eigenvalue weighted by Crippen LogP contribution is -2.13. The van der Waals surface area contributed by atoms with E-state index in [1.807, 2.05) is 97.1 Å². The lowest BCUT2D eigenvalue weighted by atomic mass is 10.0. The molecule has 0 fully saturated rings. The van der Waals surface area contributed by atoms with E-state index in [2.05, 4.69) is 5.32 Å². The first-order valence-electron chi connectivity index (χ1n) is 11.5. The number of ether oxygens (including phenoxy) is 2. The summed E-state index contributed by atoms with van der Waals surface area (Å²) in [6.45, 7) is 0. The number of hydrogen-bond acceptors (Lipinski definition) is 5. The Kier molecular flexibility index (Phi) is 7.30.